The smallest absolute Gasteiger partial charge is 0.241 e. The van der Waals surface area contributed by atoms with Crippen LogP contribution in [0.5, 0.6) is 0 Å². The van der Waals surface area contributed by atoms with Crippen molar-refractivity contribution in [2.24, 2.45) is 5.73 Å². The number of halogens is 1. The standard InChI is InChI=1S/C16H17FN2O/c17-14-9-5-4-6-12(14)10-11-19-16(20)15(18)13-7-2-1-3-8-13/h1-9,15H,10-11,18H2,(H,19,20). The Morgan fingerprint density at radius 2 is 1.75 bits per heavy atom. The third-order valence-electron chi connectivity index (χ3n) is 3.09. The van der Waals surface area contributed by atoms with Crippen molar-refractivity contribution in [1.82, 2.24) is 5.32 Å². The number of amides is 1. The maximum atomic E-state index is 13.4. The Bertz CT molecular complexity index is 572. The maximum Gasteiger partial charge on any atom is 0.241 e. The number of carbonyl (C=O) groups is 1. The van der Waals surface area contributed by atoms with E-state index in [0.717, 1.165) is 5.56 Å². The molecule has 0 aromatic heterocycles. The first-order chi connectivity index (χ1) is 9.68. The second kappa shape index (κ2) is 6.82. The van der Waals surface area contributed by atoms with Crippen LogP contribution in [-0.4, -0.2) is 12.5 Å². The Balaban J connectivity index is 1.85. The number of nitrogens with one attached hydrogen (secondary N) is 1. The van der Waals surface area contributed by atoms with Crippen molar-refractivity contribution in [3.05, 3.63) is 71.5 Å². The lowest BCUT2D eigenvalue weighted by molar-refractivity contribution is -0.122. The third kappa shape index (κ3) is 3.65. The minimum Gasteiger partial charge on any atom is -0.354 e. The fourth-order valence-corrected chi connectivity index (χ4v) is 1.94. The molecule has 0 aliphatic heterocycles. The molecular weight excluding hydrogens is 255 g/mol. The zero-order chi connectivity index (χ0) is 14.4. The lowest BCUT2D eigenvalue weighted by Crippen LogP contribution is -2.35. The molecule has 3 nitrogen and oxygen atoms in total. The number of hydrogen-bond acceptors (Lipinski definition) is 2. The molecule has 1 atom stereocenters. The van der Waals surface area contributed by atoms with Crippen molar-refractivity contribution in [3.63, 3.8) is 0 Å². The molecule has 0 fully saturated rings. The minimum absolute atomic E-state index is 0.255. The highest BCUT2D eigenvalue weighted by Crippen LogP contribution is 2.10. The highest BCUT2D eigenvalue weighted by molar-refractivity contribution is 5.82. The molecule has 0 aliphatic carbocycles. The fraction of sp³-hybridized carbons (Fsp3) is 0.188. The molecule has 3 N–H and O–H groups in total. The van der Waals surface area contributed by atoms with Crippen LogP contribution in [0.4, 0.5) is 4.39 Å². The lowest BCUT2D eigenvalue weighted by atomic mass is 10.1. The first-order valence-corrected chi connectivity index (χ1v) is 6.50. The Hall–Kier alpha value is -2.20. The summed E-state index contributed by atoms with van der Waals surface area (Å²) in [5.74, 6) is -0.512. The van der Waals surface area contributed by atoms with E-state index in [4.69, 9.17) is 5.73 Å². The Morgan fingerprint density at radius 1 is 1.10 bits per heavy atom. The predicted octanol–water partition coefficient (Wildman–Crippen LogP) is 2.18. The van der Waals surface area contributed by atoms with Gasteiger partial charge in [0.15, 0.2) is 0 Å². The number of benzene rings is 2. The van der Waals surface area contributed by atoms with Crippen molar-refractivity contribution < 1.29 is 9.18 Å². The van der Waals surface area contributed by atoms with E-state index in [9.17, 15) is 9.18 Å². The van der Waals surface area contributed by atoms with Crippen molar-refractivity contribution in [1.29, 1.82) is 0 Å². The van der Waals surface area contributed by atoms with Gasteiger partial charge in [-0.3, -0.25) is 4.79 Å². The Morgan fingerprint density at radius 3 is 2.45 bits per heavy atom. The van der Waals surface area contributed by atoms with Crippen LogP contribution >= 0.6 is 0 Å². The van der Waals surface area contributed by atoms with Crippen LogP contribution in [0.1, 0.15) is 17.2 Å². The highest BCUT2D eigenvalue weighted by atomic mass is 19.1. The lowest BCUT2D eigenvalue weighted by Gasteiger charge is -2.12. The molecule has 0 saturated heterocycles. The normalized spacial score (nSPS) is 11.9. The molecule has 2 rings (SSSR count). The van der Waals surface area contributed by atoms with E-state index in [0.29, 0.717) is 18.5 Å². The summed E-state index contributed by atoms with van der Waals surface area (Å²) in [6, 6.07) is 15.0. The molecular formula is C16H17FN2O. The minimum atomic E-state index is -0.697. The van der Waals surface area contributed by atoms with E-state index in [1.807, 2.05) is 18.2 Å². The summed E-state index contributed by atoms with van der Waals surface area (Å²) in [6.45, 7) is 0.361. The average Bonchev–Trinajstić information content (AvgIpc) is 2.49. The van der Waals surface area contributed by atoms with Gasteiger partial charge in [0.1, 0.15) is 11.9 Å². The molecule has 1 unspecified atom stereocenters. The molecule has 0 aliphatic rings. The topological polar surface area (TPSA) is 55.1 Å². The molecule has 0 bridgehead atoms. The summed E-state index contributed by atoms with van der Waals surface area (Å²) in [5, 5.41) is 2.73. The zero-order valence-electron chi connectivity index (χ0n) is 11.1. The molecule has 2 aromatic rings. The quantitative estimate of drug-likeness (QED) is 0.876. The van der Waals surface area contributed by atoms with Gasteiger partial charge in [0.2, 0.25) is 5.91 Å². The molecule has 1 amide bonds. The van der Waals surface area contributed by atoms with Gasteiger partial charge in [-0.15, -0.1) is 0 Å². The largest absolute Gasteiger partial charge is 0.354 e. The Labute approximate surface area is 117 Å². The summed E-state index contributed by atoms with van der Waals surface area (Å²) in [6.07, 6.45) is 0.444. The van der Waals surface area contributed by atoms with E-state index in [1.165, 1.54) is 6.07 Å². The summed E-state index contributed by atoms with van der Waals surface area (Å²) >= 11 is 0. The predicted molar refractivity (Wildman–Crippen MR) is 76.5 cm³/mol. The van der Waals surface area contributed by atoms with E-state index >= 15 is 0 Å². The summed E-state index contributed by atoms with van der Waals surface area (Å²) in [5.41, 5.74) is 7.21. The zero-order valence-corrected chi connectivity index (χ0v) is 11.1. The van der Waals surface area contributed by atoms with Crippen LogP contribution in [0.3, 0.4) is 0 Å². The van der Waals surface area contributed by atoms with Crippen LogP contribution in [0.25, 0.3) is 0 Å². The van der Waals surface area contributed by atoms with Gasteiger partial charge in [-0.1, -0.05) is 48.5 Å². The molecule has 0 spiro atoms. The molecule has 2 aromatic carbocycles. The summed E-state index contributed by atoms with van der Waals surface area (Å²) in [4.78, 5) is 11.9. The summed E-state index contributed by atoms with van der Waals surface area (Å²) < 4.78 is 13.4. The second-order valence-electron chi connectivity index (χ2n) is 4.52. The molecule has 4 heteroatoms. The van der Waals surface area contributed by atoms with Gasteiger partial charge in [0, 0.05) is 6.54 Å². The van der Waals surface area contributed by atoms with Crippen molar-refractivity contribution >= 4 is 5.91 Å². The van der Waals surface area contributed by atoms with Crippen LogP contribution in [0.15, 0.2) is 54.6 Å². The summed E-state index contributed by atoms with van der Waals surface area (Å²) in [7, 11) is 0. The van der Waals surface area contributed by atoms with Crippen molar-refractivity contribution in [2.75, 3.05) is 6.54 Å². The van der Waals surface area contributed by atoms with Crippen LogP contribution < -0.4 is 11.1 Å². The van der Waals surface area contributed by atoms with Gasteiger partial charge >= 0.3 is 0 Å². The SMILES string of the molecule is NC(C(=O)NCCc1ccccc1F)c1ccccc1. The average molecular weight is 272 g/mol. The van der Waals surface area contributed by atoms with Gasteiger partial charge in [-0.2, -0.15) is 0 Å². The number of carbonyl (C=O) groups excluding carboxylic acids is 1. The first-order valence-electron chi connectivity index (χ1n) is 6.50. The van der Waals surface area contributed by atoms with Crippen LogP contribution in [-0.2, 0) is 11.2 Å². The van der Waals surface area contributed by atoms with Gasteiger partial charge in [0.25, 0.3) is 0 Å². The fourth-order valence-electron chi connectivity index (χ4n) is 1.94. The monoisotopic (exact) mass is 272 g/mol. The second-order valence-corrected chi connectivity index (χ2v) is 4.52. The van der Waals surface area contributed by atoms with Gasteiger partial charge in [-0.25, -0.2) is 4.39 Å². The third-order valence-corrected chi connectivity index (χ3v) is 3.09. The Kier molecular flexibility index (Phi) is 4.85. The maximum absolute atomic E-state index is 13.4. The molecule has 0 radical (unpaired) electrons. The van der Waals surface area contributed by atoms with Crippen molar-refractivity contribution in [3.8, 4) is 0 Å². The van der Waals surface area contributed by atoms with E-state index in [1.54, 1.807) is 30.3 Å². The van der Waals surface area contributed by atoms with Crippen molar-refractivity contribution in [2.45, 2.75) is 12.5 Å². The number of rotatable bonds is 5. The molecule has 20 heavy (non-hydrogen) atoms. The first kappa shape index (κ1) is 14.2. The highest BCUT2D eigenvalue weighted by Gasteiger charge is 2.14. The number of hydrogen-bond donors (Lipinski definition) is 2. The molecule has 104 valence electrons. The van der Waals surface area contributed by atoms with Gasteiger partial charge < -0.3 is 11.1 Å². The van der Waals surface area contributed by atoms with E-state index < -0.39 is 6.04 Å². The van der Waals surface area contributed by atoms with E-state index in [2.05, 4.69) is 5.32 Å². The van der Waals surface area contributed by atoms with E-state index in [-0.39, 0.29) is 11.7 Å². The van der Waals surface area contributed by atoms with Gasteiger partial charge in [-0.05, 0) is 23.6 Å². The molecule has 0 heterocycles. The number of nitrogens with two attached hydrogens (primary N) is 1. The molecule has 0 saturated carbocycles. The van der Waals surface area contributed by atoms with Crippen LogP contribution in [0, 0.1) is 5.82 Å². The van der Waals surface area contributed by atoms with Gasteiger partial charge in [0.05, 0.1) is 0 Å². The van der Waals surface area contributed by atoms with Crippen LogP contribution in [0.2, 0.25) is 0 Å².